The van der Waals surface area contributed by atoms with Gasteiger partial charge in [0, 0.05) is 21.9 Å². The minimum Gasteiger partial charge on any atom is -0.456 e. The van der Waals surface area contributed by atoms with Crippen LogP contribution >= 0.6 is 0 Å². The Bertz CT molecular complexity index is 1190. The van der Waals surface area contributed by atoms with E-state index in [4.69, 9.17) is 9.40 Å². The van der Waals surface area contributed by atoms with E-state index in [0.717, 1.165) is 44.5 Å². The Morgan fingerprint density at radius 1 is 0.520 bits per heavy atom. The van der Waals surface area contributed by atoms with E-state index in [9.17, 15) is 0 Å². The summed E-state index contributed by atoms with van der Waals surface area (Å²) in [5.41, 5.74) is 5.91. The standard InChI is InChI=1S/C23H15NO/c1-2-7-16(8-3-1)20-10-6-11-21(24-20)17-13-14-19-18-9-4-5-12-22(18)25-23(19)15-17/h1-15H. The van der Waals surface area contributed by atoms with Crippen LogP contribution in [0.25, 0.3) is 44.5 Å². The van der Waals surface area contributed by atoms with Crippen molar-refractivity contribution in [3.8, 4) is 22.5 Å². The predicted molar refractivity (Wildman–Crippen MR) is 102 cm³/mol. The zero-order chi connectivity index (χ0) is 16.6. The summed E-state index contributed by atoms with van der Waals surface area (Å²) >= 11 is 0. The van der Waals surface area contributed by atoms with Gasteiger partial charge in [-0.2, -0.15) is 0 Å². The molecule has 5 aromatic rings. The highest BCUT2D eigenvalue weighted by molar-refractivity contribution is 6.05. The number of rotatable bonds is 2. The highest BCUT2D eigenvalue weighted by Crippen LogP contribution is 2.32. The van der Waals surface area contributed by atoms with Gasteiger partial charge < -0.3 is 4.42 Å². The normalized spacial score (nSPS) is 11.2. The van der Waals surface area contributed by atoms with Crippen molar-refractivity contribution in [2.45, 2.75) is 0 Å². The molecule has 0 aliphatic rings. The van der Waals surface area contributed by atoms with E-state index in [0.29, 0.717) is 0 Å². The Balaban J connectivity index is 1.64. The predicted octanol–water partition coefficient (Wildman–Crippen LogP) is 6.32. The first-order chi connectivity index (χ1) is 12.4. The number of nitrogens with zero attached hydrogens (tertiary/aromatic N) is 1. The lowest BCUT2D eigenvalue weighted by molar-refractivity contribution is 0.669. The van der Waals surface area contributed by atoms with E-state index in [2.05, 4.69) is 36.4 Å². The fraction of sp³-hybridized carbons (Fsp3) is 0. The topological polar surface area (TPSA) is 26.0 Å². The van der Waals surface area contributed by atoms with Crippen LogP contribution in [0.5, 0.6) is 0 Å². The molecule has 2 aromatic heterocycles. The second-order valence-electron chi connectivity index (χ2n) is 6.08. The lowest BCUT2D eigenvalue weighted by Crippen LogP contribution is -1.87. The van der Waals surface area contributed by atoms with E-state index in [1.807, 2.05) is 54.6 Å². The maximum Gasteiger partial charge on any atom is 0.136 e. The number of benzene rings is 3. The van der Waals surface area contributed by atoms with Gasteiger partial charge in [-0.1, -0.05) is 60.7 Å². The quantitative estimate of drug-likeness (QED) is 0.380. The number of hydrogen-bond donors (Lipinski definition) is 0. The van der Waals surface area contributed by atoms with Gasteiger partial charge in [0.1, 0.15) is 11.2 Å². The van der Waals surface area contributed by atoms with Crippen LogP contribution in [0.15, 0.2) is 95.4 Å². The third kappa shape index (κ3) is 2.39. The Morgan fingerprint density at radius 3 is 2.12 bits per heavy atom. The zero-order valence-electron chi connectivity index (χ0n) is 13.5. The fourth-order valence-corrected chi connectivity index (χ4v) is 3.25. The monoisotopic (exact) mass is 321 g/mol. The second kappa shape index (κ2) is 5.60. The van der Waals surface area contributed by atoms with Crippen molar-refractivity contribution in [3.05, 3.63) is 91.0 Å². The minimum absolute atomic E-state index is 0.894. The number of pyridine rings is 1. The van der Waals surface area contributed by atoms with Crippen molar-refractivity contribution in [2.75, 3.05) is 0 Å². The van der Waals surface area contributed by atoms with Crippen molar-refractivity contribution in [1.29, 1.82) is 0 Å². The molecule has 0 unspecified atom stereocenters. The Hall–Kier alpha value is -3.39. The summed E-state index contributed by atoms with van der Waals surface area (Å²) in [6, 6.07) is 30.8. The van der Waals surface area contributed by atoms with E-state index >= 15 is 0 Å². The van der Waals surface area contributed by atoms with E-state index in [-0.39, 0.29) is 0 Å². The molecule has 2 heterocycles. The Kier molecular flexibility index (Phi) is 3.14. The van der Waals surface area contributed by atoms with Crippen molar-refractivity contribution in [1.82, 2.24) is 4.98 Å². The molecule has 0 fully saturated rings. The van der Waals surface area contributed by atoms with Gasteiger partial charge in [0.2, 0.25) is 0 Å². The smallest absolute Gasteiger partial charge is 0.136 e. The van der Waals surface area contributed by atoms with Gasteiger partial charge in [-0.15, -0.1) is 0 Å². The average Bonchev–Trinajstić information content (AvgIpc) is 3.06. The van der Waals surface area contributed by atoms with Gasteiger partial charge in [-0.25, -0.2) is 4.98 Å². The third-order valence-electron chi connectivity index (χ3n) is 4.49. The molecule has 5 rings (SSSR count). The van der Waals surface area contributed by atoms with Crippen LogP contribution in [0.1, 0.15) is 0 Å². The fourth-order valence-electron chi connectivity index (χ4n) is 3.25. The largest absolute Gasteiger partial charge is 0.456 e. The van der Waals surface area contributed by atoms with Crippen LogP contribution in [0.4, 0.5) is 0 Å². The van der Waals surface area contributed by atoms with Gasteiger partial charge in [-0.05, 0) is 30.3 Å². The molecule has 2 heteroatoms. The van der Waals surface area contributed by atoms with Gasteiger partial charge in [0.25, 0.3) is 0 Å². The number of fused-ring (bicyclic) bond motifs is 3. The molecule has 3 aromatic carbocycles. The van der Waals surface area contributed by atoms with Crippen molar-refractivity contribution < 1.29 is 4.42 Å². The molecule has 118 valence electrons. The molecular formula is C23H15NO. The molecule has 0 saturated heterocycles. The molecule has 0 amide bonds. The first-order valence-corrected chi connectivity index (χ1v) is 8.33. The van der Waals surface area contributed by atoms with E-state index in [1.165, 1.54) is 0 Å². The number of furan rings is 1. The number of hydrogen-bond acceptors (Lipinski definition) is 2. The molecule has 0 aliphatic heterocycles. The summed E-state index contributed by atoms with van der Waals surface area (Å²) in [4.78, 5) is 4.83. The second-order valence-corrected chi connectivity index (χ2v) is 6.08. The summed E-state index contributed by atoms with van der Waals surface area (Å²) in [5.74, 6) is 0. The number of aromatic nitrogens is 1. The van der Waals surface area contributed by atoms with Gasteiger partial charge >= 0.3 is 0 Å². The third-order valence-corrected chi connectivity index (χ3v) is 4.49. The summed E-state index contributed by atoms with van der Waals surface area (Å²) < 4.78 is 6.00. The summed E-state index contributed by atoms with van der Waals surface area (Å²) in [7, 11) is 0. The first-order valence-electron chi connectivity index (χ1n) is 8.33. The molecule has 0 atom stereocenters. The average molecular weight is 321 g/mol. The minimum atomic E-state index is 0.894. The zero-order valence-corrected chi connectivity index (χ0v) is 13.5. The Morgan fingerprint density at radius 2 is 1.24 bits per heavy atom. The van der Waals surface area contributed by atoms with Crippen LogP contribution in [0.3, 0.4) is 0 Å². The van der Waals surface area contributed by atoms with Crippen LogP contribution in [-0.2, 0) is 0 Å². The summed E-state index contributed by atoms with van der Waals surface area (Å²) in [5, 5.41) is 2.29. The molecule has 0 aliphatic carbocycles. The van der Waals surface area contributed by atoms with Crippen LogP contribution in [0, 0.1) is 0 Å². The molecule has 0 bridgehead atoms. The maximum absolute atomic E-state index is 6.00. The van der Waals surface area contributed by atoms with Crippen LogP contribution < -0.4 is 0 Å². The highest BCUT2D eigenvalue weighted by atomic mass is 16.3. The van der Waals surface area contributed by atoms with E-state index in [1.54, 1.807) is 0 Å². The van der Waals surface area contributed by atoms with Crippen molar-refractivity contribution >= 4 is 21.9 Å². The molecule has 0 radical (unpaired) electrons. The first kappa shape index (κ1) is 14.0. The lowest BCUT2D eigenvalue weighted by atomic mass is 10.1. The van der Waals surface area contributed by atoms with Crippen LogP contribution in [0.2, 0.25) is 0 Å². The summed E-state index contributed by atoms with van der Waals surface area (Å²) in [6.45, 7) is 0. The van der Waals surface area contributed by atoms with Gasteiger partial charge in [0.05, 0.1) is 11.4 Å². The molecule has 2 nitrogen and oxygen atoms in total. The Labute approximate surface area is 145 Å². The SMILES string of the molecule is c1ccc(-c2cccc(-c3ccc4c(c3)oc3ccccc34)n2)cc1. The molecule has 0 N–H and O–H groups in total. The van der Waals surface area contributed by atoms with Gasteiger partial charge in [0.15, 0.2) is 0 Å². The van der Waals surface area contributed by atoms with Crippen LogP contribution in [-0.4, -0.2) is 4.98 Å². The molecule has 0 saturated carbocycles. The van der Waals surface area contributed by atoms with Crippen molar-refractivity contribution in [2.24, 2.45) is 0 Å². The maximum atomic E-state index is 6.00. The molecule has 25 heavy (non-hydrogen) atoms. The number of para-hydroxylation sites is 1. The highest BCUT2D eigenvalue weighted by Gasteiger charge is 2.09. The van der Waals surface area contributed by atoms with E-state index < -0.39 is 0 Å². The molecular weight excluding hydrogens is 306 g/mol. The molecule has 0 spiro atoms. The van der Waals surface area contributed by atoms with Gasteiger partial charge in [-0.3, -0.25) is 0 Å². The lowest BCUT2D eigenvalue weighted by Gasteiger charge is -2.05. The summed E-state index contributed by atoms with van der Waals surface area (Å²) in [6.07, 6.45) is 0. The van der Waals surface area contributed by atoms with Crippen molar-refractivity contribution in [3.63, 3.8) is 0 Å².